The number of nitrogens with zero attached hydrogens (tertiary/aromatic N) is 4. The molecule has 34 heavy (non-hydrogen) atoms. The summed E-state index contributed by atoms with van der Waals surface area (Å²) in [6, 6.07) is 11.6. The molecule has 0 amide bonds. The molecule has 0 saturated heterocycles. The van der Waals surface area contributed by atoms with Crippen molar-refractivity contribution in [2.45, 2.75) is 56.7 Å². The number of aromatic amines is 1. The number of aromatic nitrogens is 4. The van der Waals surface area contributed by atoms with Crippen LogP contribution in [0.5, 0.6) is 0 Å². The van der Waals surface area contributed by atoms with E-state index in [1.165, 1.54) is 0 Å². The Bertz CT molecular complexity index is 1350. The van der Waals surface area contributed by atoms with E-state index >= 15 is 0 Å². The minimum Gasteiger partial charge on any atom is -0.389 e. The Balaban J connectivity index is 1.66. The average molecular weight is 454 g/mol. The van der Waals surface area contributed by atoms with Gasteiger partial charge in [0, 0.05) is 36.3 Å². The molecule has 1 atom stereocenters. The van der Waals surface area contributed by atoms with E-state index in [9.17, 15) is 5.11 Å². The van der Waals surface area contributed by atoms with Gasteiger partial charge >= 0.3 is 0 Å². The Morgan fingerprint density at radius 1 is 1.00 bits per heavy atom. The van der Waals surface area contributed by atoms with Crippen LogP contribution in [0.3, 0.4) is 0 Å². The zero-order valence-corrected chi connectivity index (χ0v) is 19.5. The fraction of sp³-hybridized carbons (Fsp3) is 0.333. The Kier molecular flexibility index (Phi) is 4.61. The Morgan fingerprint density at radius 3 is 2.15 bits per heavy atom. The highest BCUT2D eigenvalue weighted by molar-refractivity contribution is 5.93. The highest BCUT2D eigenvalue weighted by atomic mass is 16.7. The molecule has 1 aromatic carbocycles. The topological polar surface area (TPSA) is 96.3 Å². The summed E-state index contributed by atoms with van der Waals surface area (Å²) < 4.78 is 0. The van der Waals surface area contributed by atoms with E-state index in [0.29, 0.717) is 5.92 Å². The first kappa shape index (κ1) is 21.0. The van der Waals surface area contributed by atoms with Crippen LogP contribution in [-0.2, 0) is 10.4 Å². The maximum absolute atomic E-state index is 12.6. The van der Waals surface area contributed by atoms with E-state index in [-0.39, 0.29) is 5.92 Å². The van der Waals surface area contributed by atoms with Gasteiger partial charge in [-0.3, -0.25) is 9.97 Å². The molecule has 0 bridgehead atoms. The second kappa shape index (κ2) is 7.46. The summed E-state index contributed by atoms with van der Waals surface area (Å²) in [7, 11) is 0. The van der Waals surface area contributed by atoms with Crippen molar-refractivity contribution in [3.63, 3.8) is 0 Å². The highest BCUT2D eigenvalue weighted by Gasteiger charge is 2.43. The van der Waals surface area contributed by atoms with E-state index in [1.807, 2.05) is 45.0 Å². The molecule has 0 radical (unpaired) electrons. The predicted octanol–water partition coefficient (Wildman–Crippen LogP) is 4.78. The van der Waals surface area contributed by atoms with Crippen molar-refractivity contribution < 1.29 is 9.94 Å². The summed E-state index contributed by atoms with van der Waals surface area (Å²) in [5.74, 6) is 1.38. The molecular weight excluding hydrogens is 426 g/mol. The Labute approximate surface area is 197 Å². The minimum absolute atomic E-state index is 0.0533. The molecule has 172 valence electrons. The van der Waals surface area contributed by atoms with Gasteiger partial charge in [-0.1, -0.05) is 5.16 Å². The molecule has 1 aliphatic heterocycles. The fourth-order valence-corrected chi connectivity index (χ4v) is 5.26. The smallest absolute Gasteiger partial charge is 0.144 e. The first-order valence-electron chi connectivity index (χ1n) is 11.7. The van der Waals surface area contributed by atoms with Crippen LogP contribution in [0.1, 0.15) is 73.5 Å². The van der Waals surface area contributed by atoms with Crippen molar-refractivity contribution in [3.8, 4) is 0 Å². The molecule has 2 aliphatic rings. The fourth-order valence-electron chi connectivity index (χ4n) is 5.26. The molecule has 7 heteroatoms. The van der Waals surface area contributed by atoms with Crippen LogP contribution in [0, 0.1) is 0 Å². The van der Waals surface area contributed by atoms with Crippen molar-refractivity contribution in [2.24, 2.45) is 5.16 Å². The number of fused-ring (bicyclic) bond motifs is 1. The highest BCUT2D eigenvalue weighted by Crippen LogP contribution is 2.46. The molecule has 6 rings (SSSR count). The van der Waals surface area contributed by atoms with E-state index in [2.05, 4.69) is 32.2 Å². The van der Waals surface area contributed by atoms with Gasteiger partial charge in [-0.2, -0.15) is 0 Å². The van der Waals surface area contributed by atoms with Crippen LogP contribution >= 0.6 is 0 Å². The third-order valence-electron chi connectivity index (χ3n) is 7.05. The van der Waals surface area contributed by atoms with Gasteiger partial charge in [-0.25, -0.2) is 4.98 Å². The lowest BCUT2D eigenvalue weighted by atomic mass is 9.76. The number of pyridine rings is 2. The van der Waals surface area contributed by atoms with E-state index in [4.69, 9.17) is 9.82 Å². The molecule has 0 spiro atoms. The van der Waals surface area contributed by atoms with Gasteiger partial charge in [-0.15, -0.1) is 0 Å². The number of nitrogens with one attached hydrogen (secondary N) is 1. The molecule has 1 unspecified atom stereocenters. The van der Waals surface area contributed by atoms with E-state index in [1.54, 1.807) is 24.8 Å². The molecule has 4 aromatic rings. The average Bonchev–Trinajstić information content (AvgIpc) is 3.55. The number of benzene rings is 1. The van der Waals surface area contributed by atoms with Gasteiger partial charge in [-0.05, 0) is 86.7 Å². The van der Waals surface area contributed by atoms with Crippen molar-refractivity contribution in [1.82, 2.24) is 19.9 Å². The van der Waals surface area contributed by atoms with Gasteiger partial charge in [0.25, 0.3) is 0 Å². The summed E-state index contributed by atoms with van der Waals surface area (Å²) in [4.78, 5) is 22.7. The summed E-state index contributed by atoms with van der Waals surface area (Å²) in [5.41, 5.74) is 3.82. The van der Waals surface area contributed by atoms with Crippen molar-refractivity contribution in [1.29, 1.82) is 0 Å². The lowest BCUT2D eigenvalue weighted by Gasteiger charge is -2.32. The molecule has 2 N–H and O–H groups in total. The molecule has 1 aliphatic carbocycles. The number of imidazole rings is 1. The predicted molar refractivity (Wildman–Crippen MR) is 130 cm³/mol. The quantitative estimate of drug-likeness (QED) is 0.453. The first-order valence-corrected chi connectivity index (χ1v) is 11.7. The monoisotopic (exact) mass is 453 g/mol. The number of rotatable bonds is 5. The summed E-state index contributed by atoms with van der Waals surface area (Å²) >= 11 is 0. The van der Waals surface area contributed by atoms with Crippen LogP contribution in [0.2, 0.25) is 0 Å². The third-order valence-corrected chi connectivity index (χ3v) is 7.05. The lowest BCUT2D eigenvalue weighted by molar-refractivity contribution is 0.00184. The van der Waals surface area contributed by atoms with E-state index < -0.39 is 11.2 Å². The van der Waals surface area contributed by atoms with Crippen LogP contribution in [0.4, 0.5) is 0 Å². The zero-order valence-electron chi connectivity index (χ0n) is 19.5. The first-order chi connectivity index (χ1) is 16.4. The second-order valence-electron chi connectivity index (χ2n) is 9.90. The molecule has 1 fully saturated rings. The SMILES string of the molecule is CC1=NOC(C)(C)C1c1cc(C(O)(c2ccncc2)c2ccncc2)c2nc(C3CC3)[nH]c2c1. The normalized spacial score (nSPS) is 19.8. The molecular formula is C27H27N5O2. The standard InChI is InChI=1S/C27H27N5O2/c1-16-23(26(2,3)34-32-16)18-14-21(24-22(15-18)30-25(31-24)17-4-5-17)27(33,19-6-10-28-11-7-19)20-8-12-29-13-9-20/h6-15,17,23,33H,4-5H2,1-3H3,(H,30,31). The maximum Gasteiger partial charge on any atom is 0.144 e. The van der Waals surface area contributed by atoms with Gasteiger partial charge < -0.3 is 14.9 Å². The summed E-state index contributed by atoms with van der Waals surface area (Å²) in [5, 5.41) is 16.9. The van der Waals surface area contributed by atoms with Gasteiger partial charge in [0.1, 0.15) is 17.0 Å². The third kappa shape index (κ3) is 3.22. The van der Waals surface area contributed by atoms with Gasteiger partial charge in [0.2, 0.25) is 0 Å². The lowest BCUT2D eigenvalue weighted by Crippen LogP contribution is -2.32. The second-order valence-corrected chi connectivity index (χ2v) is 9.90. The number of hydrogen-bond acceptors (Lipinski definition) is 6. The zero-order chi connectivity index (χ0) is 23.5. The minimum atomic E-state index is -1.45. The van der Waals surface area contributed by atoms with Crippen LogP contribution in [0.15, 0.2) is 66.3 Å². The number of H-pyrrole nitrogens is 1. The van der Waals surface area contributed by atoms with E-state index in [0.717, 1.165) is 57.7 Å². The largest absolute Gasteiger partial charge is 0.389 e. The van der Waals surface area contributed by atoms with Crippen molar-refractivity contribution in [3.05, 3.63) is 89.3 Å². The van der Waals surface area contributed by atoms with Gasteiger partial charge in [0.05, 0.1) is 22.7 Å². The Morgan fingerprint density at radius 2 is 1.62 bits per heavy atom. The number of hydrogen-bond donors (Lipinski definition) is 2. The summed E-state index contributed by atoms with van der Waals surface area (Å²) in [6.45, 7) is 6.08. The van der Waals surface area contributed by atoms with Crippen LogP contribution in [-0.4, -0.2) is 36.4 Å². The van der Waals surface area contributed by atoms with Crippen LogP contribution < -0.4 is 0 Å². The van der Waals surface area contributed by atoms with Crippen molar-refractivity contribution >= 4 is 16.7 Å². The molecule has 1 saturated carbocycles. The molecule has 7 nitrogen and oxygen atoms in total. The van der Waals surface area contributed by atoms with Crippen molar-refractivity contribution in [2.75, 3.05) is 0 Å². The number of oxime groups is 1. The maximum atomic E-state index is 12.6. The molecule has 4 heterocycles. The van der Waals surface area contributed by atoms with Crippen LogP contribution in [0.25, 0.3) is 11.0 Å². The molecule has 3 aromatic heterocycles. The number of aliphatic hydroxyl groups is 1. The van der Waals surface area contributed by atoms with Gasteiger partial charge in [0.15, 0.2) is 0 Å². The summed E-state index contributed by atoms with van der Waals surface area (Å²) in [6.07, 6.45) is 9.08. The Hall–Kier alpha value is -3.58.